The number of rotatable bonds is 0. The minimum atomic E-state index is -0.290. The predicted octanol–water partition coefficient (Wildman–Crippen LogP) is 9.34. The smallest absolute Gasteiger partial charge is 0.0747 e. The molecule has 0 atom stereocenters. The summed E-state index contributed by atoms with van der Waals surface area (Å²) in [7, 11) is 0. The Morgan fingerprint density at radius 3 is 1.23 bits per heavy atom. The van der Waals surface area contributed by atoms with Crippen LogP contribution < -0.4 is 0 Å². The lowest BCUT2D eigenvalue weighted by molar-refractivity contribution is 0.719. The maximum Gasteiger partial charge on any atom is 0.0747 e. The largest absolute Gasteiger partial charge is 0.251 e. The molecule has 4 aromatic carbocycles. The van der Waals surface area contributed by atoms with E-state index < -0.39 is 0 Å². The molecule has 2 nitrogen and oxygen atoms in total. The zero-order valence-electron chi connectivity index (χ0n) is 24.1. The molecular formula is C38H34N2. The quantitative estimate of drug-likeness (QED) is 0.222. The lowest BCUT2D eigenvalue weighted by atomic mass is 9.76. The fourth-order valence-corrected chi connectivity index (χ4v) is 6.61. The van der Waals surface area contributed by atoms with Gasteiger partial charge in [-0.05, 0) is 47.2 Å². The highest BCUT2D eigenvalue weighted by Crippen LogP contribution is 2.44. The summed E-state index contributed by atoms with van der Waals surface area (Å²) in [4.78, 5) is 10.8. The summed E-state index contributed by atoms with van der Waals surface area (Å²) in [6.07, 6.45) is 0. The van der Waals surface area contributed by atoms with Gasteiger partial charge in [-0.1, -0.05) is 125 Å². The molecule has 2 heteroatoms. The number of hydrogen-bond acceptors (Lipinski definition) is 2. The topological polar surface area (TPSA) is 24.7 Å². The summed E-state index contributed by atoms with van der Waals surface area (Å²) in [5.74, 6) is 0. The van der Waals surface area contributed by atoms with Crippen LogP contribution in [0, 0.1) is 0 Å². The normalized spacial score (nSPS) is 18.2. The summed E-state index contributed by atoms with van der Waals surface area (Å²) in [5, 5.41) is 0. The zero-order chi connectivity index (χ0) is 27.8. The van der Waals surface area contributed by atoms with Crippen LogP contribution in [0.5, 0.6) is 0 Å². The van der Waals surface area contributed by atoms with Crippen LogP contribution in [-0.2, 0) is 10.8 Å². The van der Waals surface area contributed by atoms with Gasteiger partial charge in [-0.25, -0.2) is 0 Å². The molecule has 0 spiro atoms. The van der Waals surface area contributed by atoms with Crippen LogP contribution in [0.15, 0.2) is 107 Å². The summed E-state index contributed by atoms with van der Waals surface area (Å²) >= 11 is 0. The molecule has 0 N–H and O–H groups in total. The Kier molecular flexibility index (Phi) is 5.31. The van der Waals surface area contributed by atoms with Crippen LogP contribution in [0.2, 0.25) is 0 Å². The van der Waals surface area contributed by atoms with Gasteiger partial charge in [-0.3, -0.25) is 9.98 Å². The average molecular weight is 519 g/mol. The molecule has 0 amide bonds. The minimum Gasteiger partial charge on any atom is -0.251 e. The van der Waals surface area contributed by atoms with E-state index in [-0.39, 0.29) is 10.8 Å². The molecule has 3 aliphatic heterocycles. The molecule has 8 bridgehead atoms. The number of hydrogen-bond donors (Lipinski definition) is 0. The van der Waals surface area contributed by atoms with E-state index in [0.29, 0.717) is 0 Å². The van der Waals surface area contributed by atoms with Crippen molar-refractivity contribution in [2.24, 2.45) is 9.98 Å². The van der Waals surface area contributed by atoms with E-state index >= 15 is 0 Å². The highest BCUT2D eigenvalue weighted by Gasteiger charge is 2.37. The third kappa shape index (κ3) is 3.48. The van der Waals surface area contributed by atoms with E-state index in [1.807, 2.05) is 0 Å². The first-order valence-electron chi connectivity index (χ1n) is 14.2. The predicted molar refractivity (Wildman–Crippen MR) is 170 cm³/mol. The molecule has 0 aromatic heterocycles. The first-order chi connectivity index (χ1) is 19.2. The van der Waals surface area contributed by atoms with Gasteiger partial charge in [0, 0.05) is 33.1 Å². The summed E-state index contributed by atoms with van der Waals surface area (Å²) < 4.78 is 0. The Labute approximate surface area is 237 Å². The lowest BCUT2D eigenvalue weighted by Gasteiger charge is -2.27. The Bertz CT molecular complexity index is 1720. The van der Waals surface area contributed by atoms with E-state index in [4.69, 9.17) is 9.98 Å². The van der Waals surface area contributed by atoms with Crippen LogP contribution in [0.3, 0.4) is 0 Å². The van der Waals surface area contributed by atoms with Gasteiger partial charge in [-0.15, -0.1) is 0 Å². The van der Waals surface area contributed by atoms with Gasteiger partial charge in [0.05, 0.1) is 22.8 Å². The molecule has 196 valence electrons. The standard InChI is InChI=1S/C38H34N2/c1-23-25-13-11-15-27(21-25)37(3,4)36-32-20-10-8-18-30(32)34(40-36)24(2)26-14-12-16-28(22-26)38(5,6)35-31-19-9-7-17-29(31)33(23)39-35/h7-22H,1-6H3. The van der Waals surface area contributed by atoms with Crippen molar-refractivity contribution in [1.82, 2.24) is 0 Å². The van der Waals surface area contributed by atoms with Gasteiger partial charge in [0.1, 0.15) is 0 Å². The summed E-state index contributed by atoms with van der Waals surface area (Å²) in [6.45, 7) is 13.6. The molecule has 0 saturated heterocycles. The Hall–Kier alpha value is -4.30. The van der Waals surface area contributed by atoms with Crippen molar-refractivity contribution in [2.75, 3.05) is 0 Å². The third-order valence-electron chi connectivity index (χ3n) is 9.25. The first-order valence-corrected chi connectivity index (χ1v) is 14.2. The third-order valence-corrected chi connectivity index (χ3v) is 9.25. The van der Waals surface area contributed by atoms with E-state index in [2.05, 4.69) is 139 Å². The molecule has 3 heterocycles. The van der Waals surface area contributed by atoms with E-state index in [1.165, 1.54) is 55.7 Å². The highest BCUT2D eigenvalue weighted by atomic mass is 14.8. The van der Waals surface area contributed by atoms with Gasteiger partial charge in [0.15, 0.2) is 0 Å². The fraction of sp³-hybridized carbons (Fsp3) is 0.211. The molecule has 3 aliphatic rings. The van der Waals surface area contributed by atoms with Crippen molar-refractivity contribution in [3.63, 3.8) is 0 Å². The maximum absolute atomic E-state index is 5.42. The van der Waals surface area contributed by atoms with Crippen LogP contribution >= 0.6 is 0 Å². The van der Waals surface area contributed by atoms with Crippen LogP contribution in [-0.4, -0.2) is 11.4 Å². The van der Waals surface area contributed by atoms with Crippen molar-refractivity contribution < 1.29 is 0 Å². The first kappa shape index (κ1) is 24.7. The van der Waals surface area contributed by atoms with Crippen molar-refractivity contribution in [3.8, 4) is 0 Å². The Balaban J connectivity index is 1.59. The molecule has 0 unspecified atom stereocenters. The SMILES string of the molecule is CC1=C2N=C(c3ccccc32)C(C)(C)c2cccc(c2)C(C)=C2N=C(c3ccccc32)C(C)(C)c2cccc1c2. The van der Waals surface area contributed by atoms with Crippen molar-refractivity contribution >= 4 is 34.0 Å². The Morgan fingerprint density at radius 1 is 0.450 bits per heavy atom. The molecule has 4 aromatic rings. The van der Waals surface area contributed by atoms with Gasteiger partial charge in [-0.2, -0.15) is 0 Å². The average Bonchev–Trinajstić information content (AvgIpc) is 3.57. The highest BCUT2D eigenvalue weighted by molar-refractivity contribution is 6.20. The van der Waals surface area contributed by atoms with Crippen LogP contribution in [0.25, 0.3) is 22.5 Å². The number of fused-ring (bicyclic) bond motifs is 12. The second-order valence-corrected chi connectivity index (χ2v) is 12.4. The molecular weight excluding hydrogens is 484 g/mol. The van der Waals surface area contributed by atoms with E-state index in [9.17, 15) is 0 Å². The molecule has 7 rings (SSSR count). The number of nitrogens with zero attached hydrogens (tertiary/aromatic N) is 2. The van der Waals surface area contributed by atoms with Gasteiger partial charge in [0.2, 0.25) is 0 Å². The van der Waals surface area contributed by atoms with Gasteiger partial charge in [0.25, 0.3) is 0 Å². The van der Waals surface area contributed by atoms with Crippen LogP contribution in [0.4, 0.5) is 0 Å². The van der Waals surface area contributed by atoms with E-state index in [0.717, 1.165) is 22.8 Å². The molecule has 0 saturated carbocycles. The van der Waals surface area contributed by atoms with Crippen molar-refractivity contribution in [3.05, 3.63) is 142 Å². The molecule has 0 aliphatic carbocycles. The molecule has 0 fully saturated rings. The maximum atomic E-state index is 5.42. The molecule has 0 radical (unpaired) electrons. The van der Waals surface area contributed by atoms with Gasteiger partial charge >= 0.3 is 0 Å². The Morgan fingerprint density at radius 2 is 0.825 bits per heavy atom. The second-order valence-electron chi connectivity index (χ2n) is 12.4. The monoisotopic (exact) mass is 518 g/mol. The lowest BCUT2D eigenvalue weighted by Crippen LogP contribution is -2.29. The second kappa shape index (κ2) is 8.60. The number of benzene rings is 4. The van der Waals surface area contributed by atoms with Crippen LogP contribution in [0.1, 0.15) is 86.1 Å². The number of aliphatic imine (C=N–C) groups is 2. The van der Waals surface area contributed by atoms with E-state index in [1.54, 1.807) is 0 Å². The molecule has 40 heavy (non-hydrogen) atoms. The zero-order valence-corrected chi connectivity index (χ0v) is 24.1. The van der Waals surface area contributed by atoms with Crippen molar-refractivity contribution in [1.29, 1.82) is 0 Å². The van der Waals surface area contributed by atoms with Crippen molar-refractivity contribution in [2.45, 2.75) is 52.4 Å². The summed E-state index contributed by atoms with van der Waals surface area (Å²) in [5.41, 5.74) is 16.0. The number of allylic oxidation sites excluding steroid dienone is 2. The fourth-order valence-electron chi connectivity index (χ4n) is 6.61. The van der Waals surface area contributed by atoms with Gasteiger partial charge < -0.3 is 0 Å². The minimum absolute atomic E-state index is 0.290. The summed E-state index contributed by atoms with van der Waals surface area (Å²) in [6, 6.07) is 35.4.